The van der Waals surface area contributed by atoms with Crippen molar-refractivity contribution in [3.05, 3.63) is 17.0 Å². The van der Waals surface area contributed by atoms with E-state index in [1.165, 1.54) is 11.1 Å². The van der Waals surface area contributed by atoms with E-state index < -0.39 is 11.9 Å². The second-order valence-electron chi connectivity index (χ2n) is 6.94. The van der Waals surface area contributed by atoms with Crippen LogP contribution in [0.15, 0.2) is 0 Å². The van der Waals surface area contributed by atoms with Gasteiger partial charge in [0.2, 0.25) is 0 Å². The number of hydrogen-bond donors (Lipinski definition) is 2. The average molecular weight is 358 g/mol. The lowest BCUT2D eigenvalue weighted by molar-refractivity contribution is -0.142. The second-order valence-corrected chi connectivity index (χ2v) is 6.94. The first-order chi connectivity index (χ1) is 11.9. The Balaban J connectivity index is 1.56. The zero-order chi connectivity index (χ0) is 17.9. The van der Waals surface area contributed by atoms with Crippen molar-refractivity contribution in [2.75, 3.05) is 6.54 Å². The highest BCUT2D eigenvalue weighted by molar-refractivity contribution is 5.74. The monoisotopic (exact) mass is 358 g/mol. The van der Waals surface area contributed by atoms with Gasteiger partial charge in [0.1, 0.15) is 0 Å². The molecular weight excluding hydrogens is 333 g/mol. The lowest BCUT2D eigenvalue weighted by atomic mass is 9.95. The Bertz CT molecular complexity index is 606. The summed E-state index contributed by atoms with van der Waals surface area (Å²) >= 11 is 0. The van der Waals surface area contributed by atoms with Gasteiger partial charge in [0.15, 0.2) is 5.69 Å². The fourth-order valence-electron chi connectivity index (χ4n) is 3.84. The van der Waals surface area contributed by atoms with Crippen molar-refractivity contribution >= 4 is 6.03 Å². The summed E-state index contributed by atoms with van der Waals surface area (Å²) in [5.41, 5.74) is 0.257. The molecule has 1 aromatic heterocycles. The van der Waals surface area contributed by atoms with Crippen LogP contribution in [-0.4, -0.2) is 28.4 Å². The van der Waals surface area contributed by atoms with Crippen LogP contribution in [0.3, 0.4) is 0 Å². The third-order valence-corrected chi connectivity index (χ3v) is 5.07. The van der Waals surface area contributed by atoms with Crippen LogP contribution in [-0.2, 0) is 25.6 Å². The second kappa shape index (κ2) is 7.66. The Labute approximate surface area is 145 Å². The molecule has 0 unspecified atom stereocenters. The maximum Gasteiger partial charge on any atom is 0.435 e. The molecule has 1 heterocycles. The van der Waals surface area contributed by atoms with Crippen LogP contribution >= 0.6 is 0 Å². The Kier molecular flexibility index (Phi) is 5.54. The molecule has 2 N–H and O–H groups in total. The van der Waals surface area contributed by atoms with Gasteiger partial charge in [-0.1, -0.05) is 19.3 Å². The van der Waals surface area contributed by atoms with E-state index in [0.717, 1.165) is 38.5 Å². The molecule has 0 radical (unpaired) electrons. The number of amides is 2. The molecule has 8 heteroatoms. The molecule has 2 amide bonds. The topological polar surface area (TPSA) is 59.0 Å². The summed E-state index contributed by atoms with van der Waals surface area (Å²) in [5, 5.41) is 9.47. The Morgan fingerprint density at radius 1 is 1.12 bits per heavy atom. The molecular formula is C17H25F3N4O. The molecule has 0 bridgehead atoms. The van der Waals surface area contributed by atoms with Crippen LogP contribution in [0, 0.1) is 0 Å². The molecule has 0 spiro atoms. The maximum atomic E-state index is 13.1. The van der Waals surface area contributed by atoms with Crippen LogP contribution in [0.25, 0.3) is 0 Å². The SMILES string of the molecule is O=C(NCCn1nc(C(F)(F)F)c2c1CCCC2)NC1CCCCC1. The van der Waals surface area contributed by atoms with Crippen LogP contribution in [0.1, 0.15) is 61.9 Å². The Morgan fingerprint density at radius 3 is 2.56 bits per heavy atom. The summed E-state index contributed by atoms with van der Waals surface area (Å²) in [6, 6.07) is -0.0352. The van der Waals surface area contributed by atoms with Gasteiger partial charge < -0.3 is 10.6 Å². The zero-order valence-electron chi connectivity index (χ0n) is 14.3. The fraction of sp³-hybridized carbons (Fsp3) is 0.765. The van der Waals surface area contributed by atoms with Gasteiger partial charge >= 0.3 is 12.2 Å². The number of nitrogens with zero attached hydrogens (tertiary/aromatic N) is 2. The van der Waals surface area contributed by atoms with Crippen molar-refractivity contribution in [2.24, 2.45) is 0 Å². The minimum Gasteiger partial charge on any atom is -0.336 e. The maximum absolute atomic E-state index is 13.1. The number of rotatable bonds is 4. The lowest BCUT2D eigenvalue weighted by Gasteiger charge is -2.23. The van der Waals surface area contributed by atoms with E-state index in [1.807, 2.05) is 0 Å². The predicted molar refractivity (Wildman–Crippen MR) is 87.3 cm³/mol. The van der Waals surface area contributed by atoms with Crippen LogP contribution < -0.4 is 10.6 Å². The molecule has 140 valence electrons. The van der Waals surface area contributed by atoms with Gasteiger partial charge in [-0.05, 0) is 38.5 Å². The van der Waals surface area contributed by atoms with Gasteiger partial charge in [-0.15, -0.1) is 0 Å². The molecule has 1 aromatic rings. The smallest absolute Gasteiger partial charge is 0.336 e. The van der Waals surface area contributed by atoms with Crippen LogP contribution in [0.5, 0.6) is 0 Å². The Hall–Kier alpha value is -1.73. The molecule has 0 aromatic carbocycles. The number of fused-ring (bicyclic) bond motifs is 1. The summed E-state index contributed by atoms with van der Waals surface area (Å²) < 4.78 is 40.9. The number of nitrogens with one attached hydrogen (secondary N) is 2. The van der Waals surface area contributed by atoms with E-state index in [9.17, 15) is 18.0 Å². The molecule has 3 rings (SSSR count). The van der Waals surface area contributed by atoms with E-state index in [1.54, 1.807) is 0 Å². The largest absolute Gasteiger partial charge is 0.435 e. The summed E-state index contributed by atoms with van der Waals surface area (Å²) in [6.07, 6.45) is 3.74. The molecule has 1 fully saturated rings. The number of alkyl halides is 3. The number of halogens is 3. The standard InChI is InChI=1S/C17H25F3N4O/c18-17(19,20)15-13-8-4-5-9-14(13)24(23-15)11-10-21-16(25)22-12-6-2-1-3-7-12/h12H,1-11H2,(H2,21,22,25). The molecule has 2 aliphatic rings. The van der Waals surface area contributed by atoms with Crippen molar-refractivity contribution < 1.29 is 18.0 Å². The molecule has 0 saturated heterocycles. The van der Waals surface area contributed by atoms with Crippen LogP contribution in [0.2, 0.25) is 0 Å². The third-order valence-electron chi connectivity index (χ3n) is 5.07. The lowest BCUT2D eigenvalue weighted by Crippen LogP contribution is -2.43. The van der Waals surface area contributed by atoms with Crippen molar-refractivity contribution in [1.29, 1.82) is 0 Å². The van der Waals surface area contributed by atoms with Gasteiger partial charge in [-0.2, -0.15) is 18.3 Å². The van der Waals surface area contributed by atoms with E-state index in [-0.39, 0.29) is 25.2 Å². The molecule has 25 heavy (non-hydrogen) atoms. The summed E-state index contributed by atoms with van der Waals surface area (Å²) in [6.45, 7) is 0.528. The summed E-state index contributed by atoms with van der Waals surface area (Å²) in [7, 11) is 0. The predicted octanol–water partition coefficient (Wildman–Crippen LogP) is 3.41. The highest BCUT2D eigenvalue weighted by Gasteiger charge is 2.39. The highest BCUT2D eigenvalue weighted by Crippen LogP contribution is 2.35. The van der Waals surface area contributed by atoms with Gasteiger partial charge in [0.05, 0.1) is 6.54 Å². The van der Waals surface area contributed by atoms with Crippen molar-refractivity contribution in [2.45, 2.75) is 76.6 Å². The minimum absolute atomic E-state index is 0.211. The van der Waals surface area contributed by atoms with E-state index in [2.05, 4.69) is 15.7 Å². The number of urea groups is 1. The number of carbonyl (C=O) groups excluding carboxylic acids is 1. The van der Waals surface area contributed by atoms with E-state index in [4.69, 9.17) is 0 Å². The summed E-state index contributed by atoms with van der Waals surface area (Å²) in [4.78, 5) is 11.9. The van der Waals surface area contributed by atoms with Gasteiger partial charge in [0, 0.05) is 23.8 Å². The first kappa shape index (κ1) is 18.1. The van der Waals surface area contributed by atoms with Crippen LogP contribution in [0.4, 0.5) is 18.0 Å². The first-order valence-corrected chi connectivity index (χ1v) is 9.15. The normalized spacial score (nSPS) is 18.7. The van der Waals surface area contributed by atoms with Crippen molar-refractivity contribution in [3.8, 4) is 0 Å². The fourth-order valence-corrected chi connectivity index (χ4v) is 3.84. The Morgan fingerprint density at radius 2 is 1.84 bits per heavy atom. The van der Waals surface area contributed by atoms with Gasteiger partial charge in [-0.3, -0.25) is 4.68 Å². The molecule has 5 nitrogen and oxygen atoms in total. The summed E-state index contributed by atoms with van der Waals surface area (Å²) in [5.74, 6) is 0. The molecule has 2 aliphatic carbocycles. The molecule has 0 aliphatic heterocycles. The van der Waals surface area contributed by atoms with E-state index >= 15 is 0 Å². The van der Waals surface area contributed by atoms with E-state index in [0.29, 0.717) is 24.1 Å². The van der Waals surface area contributed by atoms with Gasteiger partial charge in [-0.25, -0.2) is 4.79 Å². The third kappa shape index (κ3) is 4.46. The van der Waals surface area contributed by atoms with Crippen molar-refractivity contribution in [3.63, 3.8) is 0 Å². The molecule has 0 atom stereocenters. The highest BCUT2D eigenvalue weighted by atomic mass is 19.4. The zero-order valence-corrected chi connectivity index (χ0v) is 14.3. The number of hydrogen-bond acceptors (Lipinski definition) is 2. The number of aromatic nitrogens is 2. The minimum atomic E-state index is -4.42. The number of carbonyl (C=O) groups is 1. The molecule has 1 saturated carbocycles. The average Bonchev–Trinajstić information content (AvgIpc) is 2.95. The quantitative estimate of drug-likeness (QED) is 0.867. The van der Waals surface area contributed by atoms with Crippen molar-refractivity contribution in [1.82, 2.24) is 20.4 Å². The first-order valence-electron chi connectivity index (χ1n) is 9.15. The van der Waals surface area contributed by atoms with Gasteiger partial charge in [0.25, 0.3) is 0 Å².